The Morgan fingerprint density at radius 1 is 1.07 bits per heavy atom. The van der Waals surface area contributed by atoms with Gasteiger partial charge in [0.2, 0.25) is 0 Å². The van der Waals surface area contributed by atoms with Crippen molar-refractivity contribution in [3.63, 3.8) is 0 Å². The van der Waals surface area contributed by atoms with E-state index >= 15 is 0 Å². The molecule has 0 fully saturated rings. The van der Waals surface area contributed by atoms with Gasteiger partial charge in [-0.05, 0) is 43.5 Å². The van der Waals surface area contributed by atoms with Gasteiger partial charge in [-0.15, -0.1) is 0 Å². The highest BCUT2D eigenvalue weighted by Gasteiger charge is 2.18. The number of amides is 1. The van der Waals surface area contributed by atoms with Gasteiger partial charge in [-0.1, -0.05) is 49.4 Å². The van der Waals surface area contributed by atoms with Crippen LogP contribution in [0.15, 0.2) is 60.8 Å². The maximum atomic E-state index is 12.8. The second kappa shape index (κ2) is 7.27. The van der Waals surface area contributed by atoms with Gasteiger partial charge in [0, 0.05) is 17.4 Å². The minimum Gasteiger partial charge on any atom is -0.322 e. The molecule has 2 aromatic heterocycles. The van der Waals surface area contributed by atoms with Crippen molar-refractivity contribution in [3.8, 4) is 11.1 Å². The Bertz CT molecular complexity index is 1160. The highest BCUT2D eigenvalue weighted by Crippen LogP contribution is 2.28. The van der Waals surface area contributed by atoms with Gasteiger partial charge in [-0.25, -0.2) is 9.50 Å². The van der Waals surface area contributed by atoms with Gasteiger partial charge < -0.3 is 5.32 Å². The molecule has 2 aromatic carbocycles. The number of carbonyl (C=O) groups is 1. The first-order chi connectivity index (χ1) is 13.6. The van der Waals surface area contributed by atoms with Crippen LogP contribution < -0.4 is 5.32 Å². The number of carbonyl (C=O) groups excluding carboxylic acids is 1. The quantitative estimate of drug-likeness (QED) is 0.560. The molecule has 0 radical (unpaired) electrons. The number of benzene rings is 2. The zero-order chi connectivity index (χ0) is 19.7. The van der Waals surface area contributed by atoms with Crippen molar-refractivity contribution >= 4 is 17.2 Å². The number of hydrogen-bond donors (Lipinski definition) is 1. The van der Waals surface area contributed by atoms with E-state index < -0.39 is 0 Å². The summed E-state index contributed by atoms with van der Waals surface area (Å²) in [5.74, 6) is -0.186. The molecular formula is C23H22N4O. The van der Waals surface area contributed by atoms with Crippen LogP contribution in [0.5, 0.6) is 0 Å². The number of hydrogen-bond acceptors (Lipinski definition) is 3. The van der Waals surface area contributed by atoms with Crippen LogP contribution in [0.1, 0.15) is 34.2 Å². The minimum atomic E-state index is -0.186. The van der Waals surface area contributed by atoms with Gasteiger partial charge in [0.25, 0.3) is 5.91 Å². The van der Waals surface area contributed by atoms with Gasteiger partial charge in [-0.2, -0.15) is 5.10 Å². The lowest BCUT2D eigenvalue weighted by Gasteiger charge is -2.10. The number of aromatic nitrogens is 3. The van der Waals surface area contributed by atoms with Crippen LogP contribution in [-0.4, -0.2) is 20.5 Å². The van der Waals surface area contributed by atoms with E-state index in [0.717, 1.165) is 40.3 Å². The van der Waals surface area contributed by atoms with Gasteiger partial charge >= 0.3 is 0 Å². The lowest BCUT2D eigenvalue weighted by atomic mass is 10.1. The minimum absolute atomic E-state index is 0.186. The fourth-order valence-electron chi connectivity index (χ4n) is 3.43. The van der Waals surface area contributed by atoms with Crippen LogP contribution in [0, 0.1) is 13.8 Å². The molecule has 0 aliphatic carbocycles. The maximum absolute atomic E-state index is 12.8. The Labute approximate surface area is 164 Å². The Hall–Kier alpha value is -3.47. The smallest absolute Gasteiger partial charge is 0.259 e. The van der Waals surface area contributed by atoms with Crippen molar-refractivity contribution in [1.82, 2.24) is 14.6 Å². The summed E-state index contributed by atoms with van der Waals surface area (Å²) in [6.07, 6.45) is 2.56. The van der Waals surface area contributed by atoms with Crippen LogP contribution in [-0.2, 0) is 6.42 Å². The standard InChI is InChI=1S/C23H22N4O/c1-4-17-9-8-12-19(13-17)25-23(28)20-14-24-22-21(18-10-6-5-7-11-18)15(2)26-27(22)16(20)3/h5-14H,4H2,1-3H3,(H,25,28). The Kier molecular flexibility index (Phi) is 4.65. The topological polar surface area (TPSA) is 59.3 Å². The Balaban J connectivity index is 1.73. The van der Waals surface area contributed by atoms with Crippen LogP contribution in [0.2, 0.25) is 0 Å². The first kappa shape index (κ1) is 17.9. The highest BCUT2D eigenvalue weighted by molar-refractivity contribution is 6.05. The van der Waals surface area contributed by atoms with Crippen molar-refractivity contribution in [2.45, 2.75) is 27.2 Å². The molecule has 0 bridgehead atoms. The average molecular weight is 370 g/mol. The lowest BCUT2D eigenvalue weighted by Crippen LogP contribution is -2.16. The average Bonchev–Trinajstić information content (AvgIpc) is 3.06. The summed E-state index contributed by atoms with van der Waals surface area (Å²) >= 11 is 0. The summed E-state index contributed by atoms with van der Waals surface area (Å²) < 4.78 is 1.76. The van der Waals surface area contributed by atoms with E-state index in [1.165, 1.54) is 5.56 Å². The van der Waals surface area contributed by atoms with Gasteiger partial charge in [0.15, 0.2) is 5.65 Å². The van der Waals surface area contributed by atoms with Crippen molar-refractivity contribution in [1.29, 1.82) is 0 Å². The normalized spacial score (nSPS) is 11.0. The summed E-state index contributed by atoms with van der Waals surface area (Å²) in [7, 11) is 0. The number of nitrogens with zero attached hydrogens (tertiary/aromatic N) is 3. The fourth-order valence-corrected chi connectivity index (χ4v) is 3.43. The molecule has 0 atom stereocenters. The molecule has 1 amide bonds. The maximum Gasteiger partial charge on any atom is 0.259 e. The van der Waals surface area contributed by atoms with E-state index in [0.29, 0.717) is 5.56 Å². The molecule has 5 heteroatoms. The van der Waals surface area contributed by atoms with Crippen LogP contribution >= 0.6 is 0 Å². The molecule has 0 saturated heterocycles. The molecule has 5 nitrogen and oxygen atoms in total. The highest BCUT2D eigenvalue weighted by atomic mass is 16.1. The molecule has 140 valence electrons. The molecule has 1 N–H and O–H groups in total. The second-order valence-electron chi connectivity index (χ2n) is 6.83. The predicted molar refractivity (Wildman–Crippen MR) is 112 cm³/mol. The van der Waals surface area contributed by atoms with Crippen LogP contribution in [0.4, 0.5) is 5.69 Å². The summed E-state index contributed by atoms with van der Waals surface area (Å²) in [5, 5.41) is 7.61. The number of anilines is 1. The molecule has 4 aromatic rings. The molecule has 0 unspecified atom stereocenters. The van der Waals surface area contributed by atoms with Gasteiger partial charge in [-0.3, -0.25) is 4.79 Å². The van der Waals surface area contributed by atoms with Crippen molar-refractivity contribution < 1.29 is 4.79 Å². The Morgan fingerprint density at radius 3 is 2.61 bits per heavy atom. The third-order valence-electron chi connectivity index (χ3n) is 4.96. The van der Waals surface area contributed by atoms with Crippen molar-refractivity contribution in [2.75, 3.05) is 5.32 Å². The molecule has 2 heterocycles. The van der Waals surface area contributed by atoms with Gasteiger partial charge in [0.1, 0.15) is 0 Å². The van der Waals surface area contributed by atoms with E-state index in [2.05, 4.69) is 22.3 Å². The molecule has 28 heavy (non-hydrogen) atoms. The summed E-state index contributed by atoms with van der Waals surface area (Å²) in [5.41, 5.74) is 6.93. The Morgan fingerprint density at radius 2 is 1.86 bits per heavy atom. The van der Waals surface area contributed by atoms with E-state index in [-0.39, 0.29) is 5.91 Å². The van der Waals surface area contributed by atoms with E-state index in [1.54, 1.807) is 10.7 Å². The predicted octanol–water partition coefficient (Wildman–Crippen LogP) is 4.83. The molecule has 4 rings (SSSR count). The largest absolute Gasteiger partial charge is 0.322 e. The summed E-state index contributed by atoms with van der Waals surface area (Å²) in [6.45, 7) is 5.95. The molecular weight excluding hydrogens is 348 g/mol. The number of rotatable bonds is 4. The summed E-state index contributed by atoms with van der Waals surface area (Å²) in [4.78, 5) is 17.4. The fraction of sp³-hybridized carbons (Fsp3) is 0.174. The van der Waals surface area contributed by atoms with Crippen molar-refractivity contribution in [2.24, 2.45) is 0 Å². The molecule has 0 saturated carbocycles. The second-order valence-corrected chi connectivity index (χ2v) is 6.83. The summed E-state index contributed by atoms with van der Waals surface area (Å²) in [6, 6.07) is 17.9. The molecule has 0 aliphatic heterocycles. The van der Waals surface area contributed by atoms with E-state index in [4.69, 9.17) is 0 Å². The van der Waals surface area contributed by atoms with E-state index in [1.807, 2.05) is 68.4 Å². The van der Waals surface area contributed by atoms with Crippen LogP contribution in [0.25, 0.3) is 16.8 Å². The van der Waals surface area contributed by atoms with Crippen molar-refractivity contribution in [3.05, 3.63) is 83.3 Å². The van der Waals surface area contributed by atoms with Gasteiger partial charge in [0.05, 0.1) is 17.0 Å². The zero-order valence-electron chi connectivity index (χ0n) is 16.2. The van der Waals surface area contributed by atoms with Crippen LogP contribution in [0.3, 0.4) is 0 Å². The van der Waals surface area contributed by atoms with E-state index in [9.17, 15) is 4.79 Å². The first-order valence-corrected chi connectivity index (χ1v) is 9.39. The number of nitrogens with one attached hydrogen (secondary N) is 1. The SMILES string of the molecule is CCc1cccc(NC(=O)c2cnc3c(-c4ccccc4)c(C)nn3c2C)c1. The number of aryl methyl sites for hydroxylation is 3. The third-order valence-corrected chi connectivity index (χ3v) is 4.96. The first-order valence-electron chi connectivity index (χ1n) is 9.39. The third kappa shape index (κ3) is 3.16. The lowest BCUT2D eigenvalue weighted by molar-refractivity contribution is 0.102. The zero-order valence-corrected chi connectivity index (χ0v) is 16.2. The molecule has 0 aliphatic rings. The molecule has 0 spiro atoms. The number of fused-ring (bicyclic) bond motifs is 1. The monoisotopic (exact) mass is 370 g/mol.